The molecule has 0 saturated heterocycles. The number of rotatable bonds is 5. The van der Waals surface area contributed by atoms with Crippen LogP contribution in [0.4, 0.5) is 0 Å². The van der Waals surface area contributed by atoms with Crippen molar-refractivity contribution < 1.29 is 9.47 Å². The summed E-state index contributed by atoms with van der Waals surface area (Å²) in [5.74, 6) is 1.92. The molecule has 1 atom stereocenters. The molecule has 0 spiro atoms. The number of hydrogen-bond acceptors (Lipinski definition) is 4. The molecule has 20 heavy (non-hydrogen) atoms. The van der Waals surface area contributed by atoms with Gasteiger partial charge in [-0.25, -0.2) is 4.98 Å². The standard InChI is InChI=1S/C15H19N3O2/c1-19-14-5-3-2-4-12(14)8-16-9-13-10-18-7-6-17-15(18)11-20-13/h2-7,13,16H,8-11H2,1H3. The summed E-state index contributed by atoms with van der Waals surface area (Å²) in [5, 5.41) is 3.43. The van der Waals surface area contributed by atoms with Gasteiger partial charge in [0.1, 0.15) is 18.2 Å². The number of para-hydroxylation sites is 1. The fraction of sp³-hybridized carbons (Fsp3) is 0.400. The Hall–Kier alpha value is -1.85. The minimum atomic E-state index is 0.186. The molecule has 5 heteroatoms. The fourth-order valence-electron chi connectivity index (χ4n) is 2.45. The van der Waals surface area contributed by atoms with Gasteiger partial charge in [0.05, 0.1) is 19.8 Å². The molecular weight excluding hydrogens is 254 g/mol. The number of hydrogen-bond donors (Lipinski definition) is 1. The van der Waals surface area contributed by atoms with Crippen LogP contribution >= 0.6 is 0 Å². The lowest BCUT2D eigenvalue weighted by atomic mass is 10.2. The maximum atomic E-state index is 5.78. The van der Waals surface area contributed by atoms with E-state index in [0.29, 0.717) is 6.61 Å². The van der Waals surface area contributed by atoms with Crippen molar-refractivity contribution in [2.45, 2.75) is 25.8 Å². The average molecular weight is 273 g/mol. The van der Waals surface area contributed by atoms with Crippen molar-refractivity contribution in [1.29, 1.82) is 0 Å². The van der Waals surface area contributed by atoms with Crippen molar-refractivity contribution in [3.63, 3.8) is 0 Å². The van der Waals surface area contributed by atoms with Crippen LogP contribution in [0, 0.1) is 0 Å². The fourth-order valence-corrected chi connectivity index (χ4v) is 2.45. The summed E-state index contributed by atoms with van der Waals surface area (Å²) in [4.78, 5) is 4.24. The number of benzene rings is 1. The van der Waals surface area contributed by atoms with Gasteiger partial charge in [-0.05, 0) is 6.07 Å². The molecule has 0 fully saturated rings. The summed E-state index contributed by atoms with van der Waals surface area (Å²) in [6.45, 7) is 3.04. The molecule has 2 heterocycles. The van der Waals surface area contributed by atoms with Gasteiger partial charge < -0.3 is 19.4 Å². The Kier molecular flexibility index (Phi) is 3.99. The van der Waals surface area contributed by atoms with Crippen LogP contribution in [-0.4, -0.2) is 29.3 Å². The summed E-state index contributed by atoms with van der Waals surface area (Å²) in [5.41, 5.74) is 1.16. The van der Waals surface area contributed by atoms with Crippen LogP contribution in [0.25, 0.3) is 0 Å². The zero-order valence-corrected chi connectivity index (χ0v) is 11.6. The van der Waals surface area contributed by atoms with Gasteiger partial charge in [0.25, 0.3) is 0 Å². The Labute approximate surface area is 118 Å². The lowest BCUT2D eigenvalue weighted by Gasteiger charge is -2.24. The zero-order valence-electron chi connectivity index (χ0n) is 11.6. The van der Waals surface area contributed by atoms with Crippen molar-refractivity contribution in [3.8, 4) is 5.75 Å². The van der Waals surface area contributed by atoms with Crippen LogP contribution in [0.5, 0.6) is 5.75 Å². The summed E-state index contributed by atoms with van der Waals surface area (Å²) in [6, 6.07) is 8.05. The largest absolute Gasteiger partial charge is 0.496 e. The van der Waals surface area contributed by atoms with Gasteiger partial charge in [0, 0.05) is 31.0 Å². The summed E-state index contributed by atoms with van der Waals surface area (Å²) >= 11 is 0. The third kappa shape index (κ3) is 2.84. The first kappa shape index (κ1) is 13.1. The number of methoxy groups -OCH3 is 1. The Bertz CT molecular complexity index is 568. The van der Waals surface area contributed by atoms with Crippen LogP contribution < -0.4 is 10.1 Å². The summed E-state index contributed by atoms with van der Waals surface area (Å²) in [6.07, 6.45) is 4.01. The van der Waals surface area contributed by atoms with E-state index >= 15 is 0 Å². The van der Waals surface area contributed by atoms with Gasteiger partial charge >= 0.3 is 0 Å². The highest BCUT2D eigenvalue weighted by atomic mass is 16.5. The first-order chi connectivity index (χ1) is 9.86. The van der Waals surface area contributed by atoms with Crippen LogP contribution in [0.3, 0.4) is 0 Å². The number of nitrogens with zero attached hydrogens (tertiary/aromatic N) is 2. The van der Waals surface area contributed by atoms with Gasteiger partial charge in [0.15, 0.2) is 0 Å². The van der Waals surface area contributed by atoms with Crippen LogP contribution in [-0.2, 0) is 24.4 Å². The molecule has 1 aromatic heterocycles. The molecule has 0 bridgehead atoms. The number of aromatic nitrogens is 2. The normalized spacial score (nSPS) is 17.8. The molecule has 0 radical (unpaired) electrons. The average Bonchev–Trinajstić information content (AvgIpc) is 2.95. The van der Waals surface area contributed by atoms with E-state index in [1.54, 1.807) is 7.11 Å². The Balaban J connectivity index is 1.51. The molecular formula is C15H19N3O2. The van der Waals surface area contributed by atoms with Crippen LogP contribution in [0.1, 0.15) is 11.4 Å². The number of imidazole rings is 1. The van der Waals surface area contributed by atoms with E-state index in [-0.39, 0.29) is 6.10 Å². The monoisotopic (exact) mass is 273 g/mol. The van der Waals surface area contributed by atoms with Crippen molar-refractivity contribution in [3.05, 3.63) is 48.0 Å². The van der Waals surface area contributed by atoms with Crippen LogP contribution in [0.15, 0.2) is 36.7 Å². The Morgan fingerprint density at radius 3 is 3.25 bits per heavy atom. The molecule has 1 aliphatic rings. The highest BCUT2D eigenvalue weighted by Crippen LogP contribution is 2.17. The molecule has 106 valence electrons. The Morgan fingerprint density at radius 2 is 2.35 bits per heavy atom. The molecule has 0 aliphatic carbocycles. The smallest absolute Gasteiger partial charge is 0.134 e. The Morgan fingerprint density at radius 1 is 1.45 bits per heavy atom. The minimum Gasteiger partial charge on any atom is -0.496 e. The van der Waals surface area contributed by atoms with E-state index in [2.05, 4.69) is 20.9 Å². The van der Waals surface area contributed by atoms with Crippen LogP contribution in [0.2, 0.25) is 0 Å². The highest BCUT2D eigenvalue weighted by molar-refractivity contribution is 5.32. The first-order valence-electron chi connectivity index (χ1n) is 6.81. The molecule has 1 aromatic carbocycles. The lowest BCUT2D eigenvalue weighted by Crippen LogP contribution is -2.36. The molecule has 0 amide bonds. The summed E-state index contributed by atoms with van der Waals surface area (Å²) < 4.78 is 13.3. The van der Waals surface area contributed by atoms with Gasteiger partial charge in [-0.3, -0.25) is 0 Å². The molecule has 5 nitrogen and oxygen atoms in total. The molecule has 3 rings (SSSR count). The SMILES string of the molecule is COc1ccccc1CNCC1Cn2ccnc2CO1. The van der Waals surface area contributed by atoms with Crippen molar-refractivity contribution in [2.75, 3.05) is 13.7 Å². The zero-order chi connectivity index (χ0) is 13.8. The maximum absolute atomic E-state index is 5.78. The lowest BCUT2D eigenvalue weighted by molar-refractivity contribution is 0.00276. The number of fused-ring (bicyclic) bond motifs is 1. The van der Waals surface area contributed by atoms with E-state index in [1.807, 2.05) is 30.6 Å². The second-order valence-electron chi connectivity index (χ2n) is 4.87. The third-order valence-corrected chi connectivity index (χ3v) is 3.53. The number of nitrogens with one attached hydrogen (secondary N) is 1. The topological polar surface area (TPSA) is 48.3 Å². The molecule has 1 aliphatic heterocycles. The second kappa shape index (κ2) is 6.07. The van der Waals surface area contributed by atoms with Crippen molar-refractivity contribution in [1.82, 2.24) is 14.9 Å². The van der Waals surface area contributed by atoms with E-state index in [0.717, 1.165) is 36.8 Å². The van der Waals surface area contributed by atoms with E-state index in [1.165, 1.54) is 0 Å². The van der Waals surface area contributed by atoms with Gasteiger partial charge in [-0.1, -0.05) is 18.2 Å². The maximum Gasteiger partial charge on any atom is 0.134 e. The molecule has 1 N–H and O–H groups in total. The summed E-state index contributed by atoms with van der Waals surface area (Å²) in [7, 11) is 1.70. The van der Waals surface area contributed by atoms with Gasteiger partial charge in [0.2, 0.25) is 0 Å². The van der Waals surface area contributed by atoms with E-state index in [4.69, 9.17) is 9.47 Å². The first-order valence-corrected chi connectivity index (χ1v) is 6.81. The van der Waals surface area contributed by atoms with Gasteiger partial charge in [-0.2, -0.15) is 0 Å². The predicted molar refractivity (Wildman–Crippen MR) is 75.5 cm³/mol. The number of ether oxygens (including phenoxy) is 2. The van der Waals surface area contributed by atoms with Gasteiger partial charge in [-0.15, -0.1) is 0 Å². The molecule has 0 saturated carbocycles. The third-order valence-electron chi connectivity index (χ3n) is 3.53. The van der Waals surface area contributed by atoms with Crippen molar-refractivity contribution >= 4 is 0 Å². The minimum absolute atomic E-state index is 0.186. The molecule has 2 aromatic rings. The molecule has 1 unspecified atom stereocenters. The van der Waals surface area contributed by atoms with Crippen molar-refractivity contribution in [2.24, 2.45) is 0 Å². The quantitative estimate of drug-likeness (QED) is 0.898. The second-order valence-corrected chi connectivity index (χ2v) is 4.87. The van der Waals surface area contributed by atoms with E-state index in [9.17, 15) is 0 Å². The predicted octanol–water partition coefficient (Wildman–Crippen LogP) is 1.58. The highest BCUT2D eigenvalue weighted by Gasteiger charge is 2.18. The van der Waals surface area contributed by atoms with E-state index < -0.39 is 0 Å².